The van der Waals surface area contributed by atoms with Gasteiger partial charge in [0.1, 0.15) is 0 Å². The number of amides is 1. The number of aliphatic hydroxyl groups excluding tert-OH is 1. The number of aliphatic carboxylic acids is 1. The van der Waals surface area contributed by atoms with Gasteiger partial charge in [-0.15, -0.1) is 0 Å². The lowest BCUT2D eigenvalue weighted by atomic mass is 9.99. The van der Waals surface area contributed by atoms with Gasteiger partial charge in [-0.25, -0.2) is 0 Å². The normalized spacial score (nSPS) is 23.5. The van der Waals surface area contributed by atoms with E-state index in [9.17, 15) is 14.7 Å². The Morgan fingerprint density at radius 2 is 1.74 bits per heavy atom. The lowest BCUT2D eigenvalue weighted by molar-refractivity contribution is -0.253. The highest BCUT2D eigenvalue weighted by atomic mass is 16.7. The molecule has 2 saturated heterocycles. The number of nitrogens with one attached hydrogen (secondary N) is 1. The molecule has 0 bridgehead atoms. The summed E-state index contributed by atoms with van der Waals surface area (Å²) in [6.07, 6.45) is 2.83. The highest BCUT2D eigenvalue weighted by molar-refractivity contribution is 5.76. The fourth-order valence-corrected chi connectivity index (χ4v) is 5.29. The number of methoxy groups -OCH3 is 1. The summed E-state index contributed by atoms with van der Waals surface area (Å²) in [6.45, 7) is 2.94. The van der Waals surface area contributed by atoms with E-state index in [0.717, 1.165) is 61.2 Å². The smallest absolute Gasteiger partial charge is 0.303 e. The summed E-state index contributed by atoms with van der Waals surface area (Å²) < 4.78 is 18.4. The lowest BCUT2D eigenvalue weighted by Crippen LogP contribution is -2.42. The van der Waals surface area contributed by atoms with E-state index in [1.54, 1.807) is 7.11 Å². The molecule has 9 heteroatoms. The van der Waals surface area contributed by atoms with Gasteiger partial charge in [0.2, 0.25) is 5.91 Å². The molecule has 0 spiro atoms. The molecule has 39 heavy (non-hydrogen) atoms. The number of hydrogen-bond acceptors (Lipinski definition) is 7. The van der Waals surface area contributed by atoms with E-state index in [4.69, 9.17) is 19.3 Å². The Hall–Kier alpha value is -2.82. The van der Waals surface area contributed by atoms with Crippen molar-refractivity contribution < 1.29 is 34.0 Å². The van der Waals surface area contributed by atoms with Crippen LogP contribution in [0.4, 0.5) is 0 Å². The van der Waals surface area contributed by atoms with Gasteiger partial charge in [0, 0.05) is 51.1 Å². The number of carboxylic acid groups (broad SMARTS) is 1. The van der Waals surface area contributed by atoms with E-state index in [0.29, 0.717) is 19.0 Å². The van der Waals surface area contributed by atoms with E-state index < -0.39 is 12.3 Å². The molecule has 0 radical (unpaired) electrons. The molecule has 2 aromatic rings. The van der Waals surface area contributed by atoms with Crippen LogP contribution in [0.3, 0.4) is 0 Å². The standard InChI is InChI=1S/C30H40N2O7/c1-37-20-25-4-3-15-32(25)18-26-16-27(23-11-9-22(19-33)10-12-23)39-30(38-26)24-13-7-21(8-14-24)17-31-28(34)5-2-6-29(35)36/h7-14,25-27,30,33H,2-6,15-20H2,1H3,(H,31,34)(H,35,36)/t25-,26+,27-,30-/m0/s1. The second-order valence-electron chi connectivity index (χ2n) is 10.4. The van der Waals surface area contributed by atoms with Crippen LogP contribution in [-0.4, -0.2) is 65.9 Å². The molecule has 3 N–H and O–H groups in total. The summed E-state index contributed by atoms with van der Waals surface area (Å²) in [5.74, 6) is -1.06. The number of carbonyl (C=O) groups is 2. The number of rotatable bonds is 13. The first-order chi connectivity index (χ1) is 18.9. The van der Waals surface area contributed by atoms with Gasteiger partial charge in [0.15, 0.2) is 6.29 Å². The maximum Gasteiger partial charge on any atom is 0.303 e. The molecule has 212 valence electrons. The van der Waals surface area contributed by atoms with Crippen molar-refractivity contribution in [2.45, 2.75) is 76.2 Å². The lowest BCUT2D eigenvalue weighted by Gasteiger charge is -2.38. The fraction of sp³-hybridized carbons (Fsp3) is 0.533. The van der Waals surface area contributed by atoms with Gasteiger partial charge in [-0.2, -0.15) is 0 Å². The van der Waals surface area contributed by atoms with Crippen molar-refractivity contribution in [1.82, 2.24) is 10.2 Å². The van der Waals surface area contributed by atoms with Crippen LogP contribution in [-0.2, 0) is 37.0 Å². The van der Waals surface area contributed by atoms with Gasteiger partial charge < -0.3 is 29.7 Å². The third kappa shape index (κ3) is 8.58. The minimum Gasteiger partial charge on any atom is -0.481 e. The summed E-state index contributed by atoms with van der Waals surface area (Å²) in [4.78, 5) is 25.1. The van der Waals surface area contributed by atoms with E-state index in [2.05, 4.69) is 10.2 Å². The Morgan fingerprint density at radius 1 is 1.03 bits per heavy atom. The van der Waals surface area contributed by atoms with Crippen LogP contribution >= 0.6 is 0 Å². The van der Waals surface area contributed by atoms with Gasteiger partial charge in [0.05, 0.1) is 25.4 Å². The monoisotopic (exact) mass is 540 g/mol. The molecule has 2 aliphatic heterocycles. The van der Waals surface area contributed by atoms with Crippen LogP contribution in [0, 0.1) is 0 Å². The van der Waals surface area contributed by atoms with Crippen LogP contribution in [0.5, 0.6) is 0 Å². The minimum atomic E-state index is -0.896. The van der Waals surface area contributed by atoms with Crippen LogP contribution in [0.15, 0.2) is 48.5 Å². The van der Waals surface area contributed by atoms with Gasteiger partial charge in [-0.3, -0.25) is 14.5 Å². The predicted octanol–water partition coefficient (Wildman–Crippen LogP) is 3.71. The summed E-state index contributed by atoms with van der Waals surface area (Å²) in [5, 5.41) is 21.0. The highest BCUT2D eigenvalue weighted by Crippen LogP contribution is 2.38. The summed E-state index contributed by atoms with van der Waals surface area (Å²) in [6, 6.07) is 16.1. The summed E-state index contributed by atoms with van der Waals surface area (Å²) in [5.41, 5.74) is 3.77. The average molecular weight is 541 g/mol. The van der Waals surface area contributed by atoms with Gasteiger partial charge in [-0.1, -0.05) is 48.5 Å². The molecule has 2 aliphatic rings. The predicted molar refractivity (Wildman–Crippen MR) is 145 cm³/mol. The molecule has 2 heterocycles. The average Bonchev–Trinajstić information content (AvgIpc) is 3.38. The maximum atomic E-state index is 12.0. The first-order valence-electron chi connectivity index (χ1n) is 13.8. The second-order valence-corrected chi connectivity index (χ2v) is 10.4. The molecular weight excluding hydrogens is 500 g/mol. The molecule has 4 rings (SSSR count). The number of benzene rings is 2. The van der Waals surface area contributed by atoms with Gasteiger partial charge in [-0.05, 0) is 42.5 Å². The van der Waals surface area contributed by atoms with E-state index in [-0.39, 0.29) is 37.6 Å². The largest absolute Gasteiger partial charge is 0.481 e. The van der Waals surface area contributed by atoms with Crippen LogP contribution in [0.2, 0.25) is 0 Å². The Kier molecular flexibility index (Phi) is 10.9. The van der Waals surface area contributed by atoms with Crippen molar-refractivity contribution in [3.8, 4) is 0 Å². The van der Waals surface area contributed by atoms with E-state index in [1.807, 2.05) is 48.5 Å². The number of aliphatic hydroxyl groups is 1. The fourth-order valence-electron chi connectivity index (χ4n) is 5.29. The number of hydrogen-bond donors (Lipinski definition) is 3. The second kappa shape index (κ2) is 14.5. The van der Waals surface area contributed by atoms with E-state index in [1.165, 1.54) is 0 Å². The molecule has 0 saturated carbocycles. The van der Waals surface area contributed by atoms with Gasteiger partial charge in [0.25, 0.3) is 0 Å². The molecule has 2 fully saturated rings. The van der Waals surface area contributed by atoms with Crippen molar-refractivity contribution in [2.75, 3.05) is 26.8 Å². The molecule has 0 aromatic heterocycles. The Balaban J connectivity index is 1.41. The summed E-state index contributed by atoms with van der Waals surface area (Å²) in [7, 11) is 1.75. The Labute approximate surface area is 230 Å². The van der Waals surface area contributed by atoms with Crippen LogP contribution in [0.1, 0.15) is 73.2 Å². The molecule has 2 aromatic carbocycles. The zero-order chi connectivity index (χ0) is 27.6. The molecule has 9 nitrogen and oxygen atoms in total. The maximum absolute atomic E-state index is 12.0. The summed E-state index contributed by atoms with van der Waals surface area (Å²) >= 11 is 0. The number of carbonyl (C=O) groups excluding carboxylic acids is 1. The molecule has 4 atom stereocenters. The first-order valence-corrected chi connectivity index (χ1v) is 13.8. The Bertz CT molecular complexity index is 1060. The molecular formula is C30H40N2O7. The molecule has 0 unspecified atom stereocenters. The molecule has 0 aliphatic carbocycles. The third-order valence-electron chi connectivity index (χ3n) is 7.45. The number of likely N-dealkylation sites (tertiary alicyclic amines) is 1. The zero-order valence-electron chi connectivity index (χ0n) is 22.6. The Morgan fingerprint density at radius 3 is 2.44 bits per heavy atom. The van der Waals surface area contributed by atoms with Crippen molar-refractivity contribution >= 4 is 11.9 Å². The van der Waals surface area contributed by atoms with Crippen molar-refractivity contribution in [3.05, 3.63) is 70.8 Å². The number of ether oxygens (including phenoxy) is 3. The highest BCUT2D eigenvalue weighted by Gasteiger charge is 2.35. The van der Waals surface area contributed by atoms with Crippen molar-refractivity contribution in [1.29, 1.82) is 0 Å². The SMILES string of the molecule is COC[C@@H]1CCCN1C[C@H]1C[C@@H](c2ccc(CO)cc2)O[C@@H](c2ccc(CNC(=O)CCCC(=O)O)cc2)O1. The van der Waals surface area contributed by atoms with Crippen molar-refractivity contribution in [2.24, 2.45) is 0 Å². The topological polar surface area (TPSA) is 118 Å². The van der Waals surface area contributed by atoms with Crippen LogP contribution < -0.4 is 5.32 Å². The van der Waals surface area contributed by atoms with Crippen LogP contribution in [0.25, 0.3) is 0 Å². The van der Waals surface area contributed by atoms with Crippen molar-refractivity contribution in [3.63, 3.8) is 0 Å². The number of nitrogens with zero attached hydrogens (tertiary/aromatic N) is 1. The first kappa shape index (κ1) is 29.2. The van der Waals surface area contributed by atoms with E-state index >= 15 is 0 Å². The third-order valence-corrected chi connectivity index (χ3v) is 7.45. The zero-order valence-corrected chi connectivity index (χ0v) is 22.6. The molecule has 1 amide bonds. The van der Waals surface area contributed by atoms with Gasteiger partial charge >= 0.3 is 5.97 Å². The quantitative estimate of drug-likeness (QED) is 0.352. The number of carboxylic acids is 1. The minimum absolute atomic E-state index is 0.00511.